The Labute approximate surface area is 68.9 Å². The fourth-order valence-electron chi connectivity index (χ4n) is 0.683. The van der Waals surface area contributed by atoms with E-state index in [4.69, 9.17) is 0 Å². The maximum atomic E-state index is 4.11. The minimum absolute atomic E-state index is 0.983. The van der Waals surface area contributed by atoms with Gasteiger partial charge in [-0.2, -0.15) is 0 Å². The summed E-state index contributed by atoms with van der Waals surface area (Å²) in [6, 6.07) is 3.88. The Bertz CT molecular complexity index is 243. The van der Waals surface area contributed by atoms with Gasteiger partial charge in [0.25, 0.3) is 0 Å². The molecule has 0 radical (unpaired) electrons. The molecule has 0 aliphatic carbocycles. The molecule has 1 nitrogen and oxygen atoms in total. The molecule has 1 aromatic heterocycles. The largest absolute Gasteiger partial charge is 0.257 e. The Kier molecular flexibility index (Phi) is 2.63. The Hall–Kier alpha value is -0.630. The van der Waals surface area contributed by atoms with Crippen molar-refractivity contribution in [2.75, 3.05) is 0 Å². The van der Waals surface area contributed by atoms with Crippen LogP contribution in [0.3, 0.4) is 0 Å². The predicted octanol–water partition coefficient (Wildman–Crippen LogP) is 2.88. The zero-order valence-electron chi connectivity index (χ0n) is 5.71. The van der Waals surface area contributed by atoms with Crippen molar-refractivity contribution in [3.8, 4) is 0 Å². The van der Waals surface area contributed by atoms with Gasteiger partial charge in [-0.15, -0.1) is 0 Å². The summed E-state index contributed by atoms with van der Waals surface area (Å²) in [7, 11) is 0. The quantitative estimate of drug-likeness (QED) is 0.675. The molecule has 0 amide bonds. The minimum Gasteiger partial charge on any atom is -0.257 e. The Morgan fingerprint density at radius 1 is 1.60 bits per heavy atom. The van der Waals surface area contributed by atoms with E-state index in [1.165, 1.54) is 0 Å². The third kappa shape index (κ3) is 1.95. The van der Waals surface area contributed by atoms with E-state index in [0.717, 1.165) is 10.2 Å². The molecule has 0 spiro atoms. The third-order valence-electron chi connectivity index (χ3n) is 1.08. The van der Waals surface area contributed by atoms with Gasteiger partial charge in [0.05, 0.1) is 5.69 Å². The van der Waals surface area contributed by atoms with E-state index >= 15 is 0 Å². The van der Waals surface area contributed by atoms with Crippen LogP contribution in [0.2, 0.25) is 0 Å². The van der Waals surface area contributed by atoms with Crippen LogP contribution in [0.4, 0.5) is 0 Å². The van der Waals surface area contributed by atoms with Crippen LogP contribution in [0, 0.1) is 0 Å². The van der Waals surface area contributed by atoms with Gasteiger partial charge in [-0.25, -0.2) is 0 Å². The zero-order valence-corrected chi connectivity index (χ0v) is 7.30. The fourth-order valence-corrected chi connectivity index (χ4v) is 1.04. The van der Waals surface area contributed by atoms with Gasteiger partial charge in [-0.3, -0.25) is 4.98 Å². The van der Waals surface area contributed by atoms with E-state index in [2.05, 4.69) is 20.9 Å². The van der Waals surface area contributed by atoms with E-state index in [0.29, 0.717) is 0 Å². The number of halogens is 1. The second-order valence-corrected chi connectivity index (χ2v) is 2.81. The monoisotopic (exact) mass is 197 g/mol. The Morgan fingerprint density at radius 2 is 2.40 bits per heavy atom. The van der Waals surface area contributed by atoms with Gasteiger partial charge in [-0.05, 0) is 25.1 Å². The maximum absolute atomic E-state index is 4.11. The number of rotatable bonds is 1. The molecule has 0 aliphatic rings. The molecule has 10 heavy (non-hydrogen) atoms. The molecule has 0 unspecified atom stereocenters. The molecule has 0 aliphatic heterocycles. The summed E-state index contributed by atoms with van der Waals surface area (Å²) in [5.41, 5.74) is 0.983. The van der Waals surface area contributed by atoms with Crippen molar-refractivity contribution in [1.29, 1.82) is 0 Å². The average molecular weight is 198 g/mol. The molecule has 1 rings (SSSR count). The number of hydrogen-bond donors (Lipinski definition) is 0. The Morgan fingerprint density at radius 3 is 3.00 bits per heavy atom. The molecule has 0 aromatic carbocycles. The van der Waals surface area contributed by atoms with Crippen molar-refractivity contribution in [1.82, 2.24) is 4.98 Å². The third-order valence-corrected chi connectivity index (χ3v) is 1.57. The zero-order chi connectivity index (χ0) is 7.40. The lowest BCUT2D eigenvalue weighted by molar-refractivity contribution is 1.28. The van der Waals surface area contributed by atoms with Gasteiger partial charge < -0.3 is 0 Å². The van der Waals surface area contributed by atoms with Crippen molar-refractivity contribution in [2.45, 2.75) is 6.92 Å². The summed E-state index contributed by atoms with van der Waals surface area (Å²) < 4.78 is 1.07. The first-order valence-electron chi connectivity index (χ1n) is 3.07. The van der Waals surface area contributed by atoms with Crippen molar-refractivity contribution in [3.05, 3.63) is 34.6 Å². The minimum atomic E-state index is 0.983. The lowest BCUT2D eigenvalue weighted by Crippen LogP contribution is -1.77. The van der Waals surface area contributed by atoms with Crippen LogP contribution in [-0.2, 0) is 0 Å². The second kappa shape index (κ2) is 3.52. The molecule has 52 valence electrons. The summed E-state index contributed by atoms with van der Waals surface area (Å²) >= 11 is 3.36. The molecule has 2 heteroatoms. The topological polar surface area (TPSA) is 12.9 Å². The van der Waals surface area contributed by atoms with E-state index in [1.54, 1.807) is 6.20 Å². The average Bonchev–Trinajstić information content (AvgIpc) is 1.88. The van der Waals surface area contributed by atoms with Gasteiger partial charge in [0.1, 0.15) is 0 Å². The van der Waals surface area contributed by atoms with E-state index in [1.807, 2.05) is 31.2 Å². The van der Waals surface area contributed by atoms with Crippen LogP contribution in [0.25, 0.3) is 6.08 Å². The first kappa shape index (κ1) is 7.48. The standard InChI is InChI=1S/C8H8BrN/c1-2-3-8-6-7(9)4-5-10-8/h2-6H,1H3/b3-2+. The molecule has 1 heterocycles. The SMILES string of the molecule is C/C=C/c1cc(Br)ccn1. The van der Waals surface area contributed by atoms with Crippen LogP contribution in [0.15, 0.2) is 28.9 Å². The predicted molar refractivity (Wildman–Crippen MR) is 46.6 cm³/mol. The number of hydrogen-bond acceptors (Lipinski definition) is 1. The van der Waals surface area contributed by atoms with E-state index in [9.17, 15) is 0 Å². The van der Waals surface area contributed by atoms with Gasteiger partial charge in [-0.1, -0.05) is 22.0 Å². The van der Waals surface area contributed by atoms with Crippen LogP contribution in [0.1, 0.15) is 12.6 Å². The van der Waals surface area contributed by atoms with E-state index in [-0.39, 0.29) is 0 Å². The van der Waals surface area contributed by atoms with Crippen molar-refractivity contribution in [2.24, 2.45) is 0 Å². The first-order valence-corrected chi connectivity index (χ1v) is 3.86. The Balaban J connectivity index is 2.95. The molecule has 0 atom stereocenters. The molecule has 0 N–H and O–H groups in total. The highest BCUT2D eigenvalue weighted by Gasteiger charge is 1.87. The van der Waals surface area contributed by atoms with Crippen LogP contribution >= 0.6 is 15.9 Å². The normalized spacial score (nSPS) is 10.6. The lowest BCUT2D eigenvalue weighted by atomic mass is 10.3. The highest BCUT2D eigenvalue weighted by atomic mass is 79.9. The lowest BCUT2D eigenvalue weighted by Gasteiger charge is -1.91. The summed E-state index contributed by atoms with van der Waals surface area (Å²) in [4.78, 5) is 4.11. The number of allylic oxidation sites excluding steroid dienone is 1. The summed E-state index contributed by atoms with van der Waals surface area (Å²) in [5.74, 6) is 0. The van der Waals surface area contributed by atoms with Gasteiger partial charge >= 0.3 is 0 Å². The smallest absolute Gasteiger partial charge is 0.0637 e. The van der Waals surface area contributed by atoms with Crippen molar-refractivity contribution in [3.63, 3.8) is 0 Å². The highest BCUT2D eigenvalue weighted by molar-refractivity contribution is 9.10. The second-order valence-electron chi connectivity index (χ2n) is 1.90. The van der Waals surface area contributed by atoms with Crippen LogP contribution < -0.4 is 0 Å². The molecule has 0 saturated carbocycles. The van der Waals surface area contributed by atoms with Crippen molar-refractivity contribution >= 4 is 22.0 Å². The summed E-state index contributed by atoms with van der Waals surface area (Å²) in [5, 5.41) is 0. The summed E-state index contributed by atoms with van der Waals surface area (Å²) in [6.45, 7) is 1.97. The number of aromatic nitrogens is 1. The van der Waals surface area contributed by atoms with Crippen molar-refractivity contribution < 1.29 is 0 Å². The number of nitrogens with zero attached hydrogens (tertiary/aromatic N) is 1. The fraction of sp³-hybridized carbons (Fsp3) is 0.125. The van der Waals surface area contributed by atoms with Gasteiger partial charge in [0.15, 0.2) is 0 Å². The van der Waals surface area contributed by atoms with Crippen LogP contribution in [0.5, 0.6) is 0 Å². The first-order chi connectivity index (χ1) is 4.83. The molecule has 1 aromatic rings. The molecule has 0 saturated heterocycles. The molecular weight excluding hydrogens is 190 g/mol. The van der Waals surface area contributed by atoms with Crippen LogP contribution in [-0.4, -0.2) is 4.98 Å². The summed E-state index contributed by atoms with van der Waals surface area (Å²) in [6.07, 6.45) is 5.71. The van der Waals surface area contributed by atoms with Gasteiger partial charge in [0, 0.05) is 10.7 Å². The highest BCUT2D eigenvalue weighted by Crippen LogP contribution is 2.09. The maximum Gasteiger partial charge on any atom is 0.0637 e. The molecule has 0 bridgehead atoms. The van der Waals surface area contributed by atoms with E-state index < -0.39 is 0 Å². The molecule has 0 fully saturated rings. The molecular formula is C8H8BrN. The van der Waals surface area contributed by atoms with Gasteiger partial charge in [0.2, 0.25) is 0 Å². The number of pyridine rings is 1.